The number of rotatable bonds is 4. The number of pyridine rings is 2. The quantitative estimate of drug-likeness (QED) is 0.267. The third-order valence-corrected chi connectivity index (χ3v) is 9.74. The van der Waals surface area contributed by atoms with Gasteiger partial charge < -0.3 is 15.0 Å². The van der Waals surface area contributed by atoms with E-state index in [0.717, 1.165) is 41.6 Å². The summed E-state index contributed by atoms with van der Waals surface area (Å²) in [6, 6.07) is 14.8. The smallest absolute Gasteiger partial charge is 0.282 e. The molecular formula is C37H39FN6O3. The molecule has 2 aliphatic rings. The van der Waals surface area contributed by atoms with E-state index in [1.807, 2.05) is 51.2 Å². The van der Waals surface area contributed by atoms with Crippen molar-refractivity contribution in [2.75, 3.05) is 18.9 Å². The highest BCUT2D eigenvalue weighted by molar-refractivity contribution is 5.83. The maximum absolute atomic E-state index is 15.5. The van der Waals surface area contributed by atoms with Gasteiger partial charge in [-0.05, 0) is 84.4 Å². The topological polar surface area (TPSA) is 105 Å². The maximum Gasteiger partial charge on any atom is 0.282 e. The van der Waals surface area contributed by atoms with Gasteiger partial charge in [-0.15, -0.1) is 0 Å². The van der Waals surface area contributed by atoms with Crippen LogP contribution in [0, 0.1) is 5.82 Å². The number of nitrogens with zero attached hydrogens (tertiary/aromatic N) is 5. The number of nitrogens with one attached hydrogen (secondary N) is 1. The van der Waals surface area contributed by atoms with Crippen molar-refractivity contribution in [2.24, 2.45) is 7.05 Å². The molecule has 47 heavy (non-hydrogen) atoms. The molecule has 1 aliphatic heterocycles. The molecule has 5 aromatic rings. The Morgan fingerprint density at radius 3 is 2.49 bits per heavy atom. The SMILES string of the molecule is CN1CCCC1c1ccc(Nc2cc3c(n(C)c2=O)CC(O)Cc2c-3cccc2-n2ncc3cc(C(C)(C)C)cc(F)c3c2=O)nc1. The Balaban J connectivity index is 1.32. The largest absolute Gasteiger partial charge is 0.392 e. The van der Waals surface area contributed by atoms with Crippen molar-refractivity contribution in [3.63, 3.8) is 0 Å². The van der Waals surface area contributed by atoms with E-state index < -0.39 is 17.5 Å². The maximum atomic E-state index is 15.5. The van der Waals surface area contributed by atoms with Gasteiger partial charge in [0.1, 0.15) is 17.3 Å². The summed E-state index contributed by atoms with van der Waals surface area (Å²) in [5, 5.41) is 19.3. The van der Waals surface area contributed by atoms with Crippen LogP contribution in [0.15, 0.2) is 70.5 Å². The van der Waals surface area contributed by atoms with E-state index in [2.05, 4.69) is 33.4 Å². The van der Waals surface area contributed by atoms with Crippen LogP contribution in [-0.2, 0) is 25.3 Å². The van der Waals surface area contributed by atoms with Crippen molar-refractivity contribution in [2.45, 2.75) is 64.0 Å². The first kappa shape index (κ1) is 31.0. The lowest BCUT2D eigenvalue weighted by atomic mass is 9.86. The molecule has 0 radical (unpaired) electrons. The van der Waals surface area contributed by atoms with E-state index in [1.165, 1.54) is 16.9 Å². The standard InChI is InChI=1S/C37H39FN6O3/c1-37(2,3)23-14-22-20-40-44(36(47)34(22)28(38)15-23)31-9-6-8-25-26(31)16-24(45)17-32-27(25)18-29(35(46)43(32)5)41-33-12-11-21(19-39-33)30-10-7-13-42(30)4/h6,8-9,11-12,14-15,18-20,24,30,45H,7,10,13,16-17H2,1-5H3,(H,39,41). The van der Waals surface area contributed by atoms with Gasteiger partial charge in [0.05, 0.1) is 23.4 Å². The van der Waals surface area contributed by atoms with Gasteiger partial charge in [-0.3, -0.25) is 14.5 Å². The van der Waals surface area contributed by atoms with Crippen LogP contribution in [0.2, 0.25) is 0 Å². The minimum atomic E-state index is -0.828. The highest BCUT2D eigenvalue weighted by Crippen LogP contribution is 2.37. The minimum absolute atomic E-state index is 0.0350. The molecule has 7 rings (SSSR count). The first-order chi connectivity index (χ1) is 22.4. The van der Waals surface area contributed by atoms with Gasteiger partial charge in [-0.25, -0.2) is 9.37 Å². The van der Waals surface area contributed by atoms with Crippen molar-refractivity contribution in [1.29, 1.82) is 0 Å². The van der Waals surface area contributed by atoms with E-state index in [1.54, 1.807) is 23.7 Å². The zero-order valence-electron chi connectivity index (χ0n) is 27.3. The molecule has 0 saturated carbocycles. The number of anilines is 2. The Morgan fingerprint density at radius 1 is 0.979 bits per heavy atom. The van der Waals surface area contributed by atoms with Crippen LogP contribution in [0.3, 0.4) is 0 Å². The van der Waals surface area contributed by atoms with Crippen molar-refractivity contribution < 1.29 is 9.50 Å². The van der Waals surface area contributed by atoms with Gasteiger partial charge in [-0.1, -0.05) is 39.0 Å². The predicted octanol–water partition coefficient (Wildman–Crippen LogP) is 5.55. The van der Waals surface area contributed by atoms with Crippen molar-refractivity contribution in [3.05, 3.63) is 110 Å². The molecule has 2 aromatic carbocycles. The third-order valence-electron chi connectivity index (χ3n) is 9.74. The zero-order valence-corrected chi connectivity index (χ0v) is 27.3. The molecule has 2 N–H and O–H groups in total. The number of hydrogen-bond acceptors (Lipinski definition) is 7. The minimum Gasteiger partial charge on any atom is -0.392 e. The molecule has 0 bridgehead atoms. The molecule has 9 nitrogen and oxygen atoms in total. The number of aromatic nitrogens is 4. The van der Waals surface area contributed by atoms with Gasteiger partial charge in [0.25, 0.3) is 11.1 Å². The average Bonchev–Trinajstić information content (AvgIpc) is 3.40. The van der Waals surface area contributed by atoms with Gasteiger partial charge in [-0.2, -0.15) is 9.78 Å². The fraction of sp³-hybridized carbons (Fsp3) is 0.351. The third kappa shape index (κ3) is 5.45. The second-order valence-corrected chi connectivity index (χ2v) is 13.9. The highest BCUT2D eigenvalue weighted by Gasteiger charge is 2.28. The first-order valence-electron chi connectivity index (χ1n) is 16.1. The van der Waals surface area contributed by atoms with Crippen LogP contribution < -0.4 is 16.4 Å². The first-order valence-corrected chi connectivity index (χ1v) is 16.1. The molecule has 1 aliphatic carbocycles. The summed E-state index contributed by atoms with van der Waals surface area (Å²) in [7, 11) is 3.82. The van der Waals surface area contributed by atoms with Crippen LogP contribution in [0.1, 0.15) is 62.0 Å². The van der Waals surface area contributed by atoms with E-state index in [9.17, 15) is 14.7 Å². The fourth-order valence-corrected chi connectivity index (χ4v) is 7.10. The van der Waals surface area contributed by atoms with Gasteiger partial charge >= 0.3 is 0 Å². The molecule has 1 saturated heterocycles. The number of aliphatic hydroxyl groups excluding tert-OH is 1. The summed E-state index contributed by atoms with van der Waals surface area (Å²) >= 11 is 0. The molecule has 10 heteroatoms. The molecule has 242 valence electrons. The van der Waals surface area contributed by atoms with Crippen molar-refractivity contribution in [1.82, 2.24) is 24.2 Å². The summed E-state index contributed by atoms with van der Waals surface area (Å²) in [5.74, 6) is -0.0405. The van der Waals surface area contributed by atoms with Crippen molar-refractivity contribution >= 4 is 22.3 Å². The molecule has 0 spiro atoms. The van der Waals surface area contributed by atoms with E-state index >= 15 is 4.39 Å². The van der Waals surface area contributed by atoms with Crippen LogP contribution in [0.4, 0.5) is 15.9 Å². The van der Waals surface area contributed by atoms with Crippen molar-refractivity contribution in [3.8, 4) is 16.8 Å². The fourth-order valence-electron chi connectivity index (χ4n) is 7.10. The summed E-state index contributed by atoms with van der Waals surface area (Å²) < 4.78 is 18.3. The number of fused-ring (bicyclic) bond motifs is 4. The summed E-state index contributed by atoms with van der Waals surface area (Å²) in [4.78, 5) is 34.3. The zero-order chi connectivity index (χ0) is 33.2. The van der Waals surface area contributed by atoms with Gasteiger partial charge in [0, 0.05) is 48.8 Å². The highest BCUT2D eigenvalue weighted by atomic mass is 19.1. The Bertz CT molecular complexity index is 2150. The van der Waals surface area contributed by atoms with E-state index in [4.69, 9.17) is 0 Å². The Kier molecular flexibility index (Phi) is 7.60. The number of benzene rings is 2. The summed E-state index contributed by atoms with van der Waals surface area (Å²) in [6.45, 7) is 7.03. The molecule has 3 aromatic heterocycles. The molecule has 2 unspecified atom stereocenters. The Morgan fingerprint density at radius 2 is 1.79 bits per heavy atom. The lowest BCUT2D eigenvalue weighted by molar-refractivity contribution is 0.174. The second kappa shape index (κ2) is 11.5. The monoisotopic (exact) mass is 634 g/mol. The molecule has 0 amide bonds. The van der Waals surface area contributed by atoms with Gasteiger partial charge in [0.2, 0.25) is 0 Å². The van der Waals surface area contributed by atoms with Crippen LogP contribution >= 0.6 is 0 Å². The predicted molar refractivity (Wildman–Crippen MR) is 182 cm³/mol. The summed E-state index contributed by atoms with van der Waals surface area (Å²) in [6.07, 6.45) is 5.26. The Hall–Kier alpha value is -4.67. The number of hydrogen-bond donors (Lipinski definition) is 2. The lowest BCUT2D eigenvalue weighted by Crippen LogP contribution is -2.26. The number of aliphatic hydroxyl groups is 1. The van der Waals surface area contributed by atoms with Crippen LogP contribution in [-0.4, -0.2) is 49.0 Å². The molecule has 1 fully saturated rings. The number of halogens is 1. The van der Waals surface area contributed by atoms with Crippen LogP contribution in [0.25, 0.3) is 27.6 Å². The lowest BCUT2D eigenvalue weighted by Gasteiger charge is -2.20. The normalized spacial score (nSPS) is 18.2. The molecular weight excluding hydrogens is 595 g/mol. The summed E-state index contributed by atoms with van der Waals surface area (Å²) in [5.41, 5.74) is 4.48. The average molecular weight is 635 g/mol. The van der Waals surface area contributed by atoms with E-state index in [-0.39, 0.29) is 29.2 Å². The van der Waals surface area contributed by atoms with Crippen LogP contribution in [0.5, 0.6) is 0 Å². The van der Waals surface area contributed by atoms with E-state index in [0.29, 0.717) is 39.9 Å². The molecule has 2 atom stereocenters. The Labute approximate surface area is 272 Å². The van der Waals surface area contributed by atoms with Gasteiger partial charge in [0.15, 0.2) is 0 Å². The number of likely N-dealkylation sites (tertiary alicyclic amines) is 1. The second-order valence-electron chi connectivity index (χ2n) is 13.9. The molecule has 4 heterocycles.